The average molecular weight is 350 g/mol. The molecule has 6 heteroatoms. The van der Waals surface area contributed by atoms with Gasteiger partial charge in [-0.05, 0) is 36.8 Å². The minimum Gasteiger partial charge on any atom is -0.497 e. The Labute approximate surface area is 148 Å². The topological polar surface area (TPSA) is 58.6 Å². The molecule has 1 saturated heterocycles. The number of carbonyl (C=O) groups is 2. The predicted molar refractivity (Wildman–Crippen MR) is 97.4 cm³/mol. The molecule has 1 aliphatic rings. The second-order valence-corrected chi connectivity index (χ2v) is 6.94. The van der Waals surface area contributed by atoms with Crippen LogP contribution in [-0.4, -0.2) is 55.5 Å². The van der Waals surface area contributed by atoms with Crippen LogP contribution in [0, 0.1) is 5.92 Å². The van der Waals surface area contributed by atoms with Crippen molar-refractivity contribution in [3.8, 4) is 5.75 Å². The van der Waals surface area contributed by atoms with Gasteiger partial charge < -0.3 is 15.0 Å². The van der Waals surface area contributed by atoms with E-state index in [9.17, 15) is 9.59 Å². The molecule has 0 radical (unpaired) electrons. The molecule has 1 aliphatic heterocycles. The Kier molecular flexibility index (Phi) is 7.43. The van der Waals surface area contributed by atoms with Crippen molar-refractivity contribution in [3.05, 3.63) is 29.8 Å². The molecule has 0 aromatic heterocycles. The van der Waals surface area contributed by atoms with Crippen molar-refractivity contribution in [2.24, 2.45) is 5.92 Å². The molecule has 1 aromatic rings. The Hall–Kier alpha value is -1.69. The fraction of sp³-hybridized carbons (Fsp3) is 0.556. The Bertz CT molecular complexity index is 548. The van der Waals surface area contributed by atoms with E-state index in [1.54, 1.807) is 18.9 Å². The lowest BCUT2D eigenvalue weighted by molar-refractivity contribution is -0.138. The Morgan fingerprint density at radius 3 is 2.79 bits per heavy atom. The van der Waals surface area contributed by atoms with Crippen LogP contribution >= 0.6 is 11.8 Å². The van der Waals surface area contributed by atoms with E-state index < -0.39 is 0 Å². The van der Waals surface area contributed by atoms with Gasteiger partial charge in [0.1, 0.15) is 5.75 Å². The van der Waals surface area contributed by atoms with Crippen LogP contribution in [0.5, 0.6) is 5.75 Å². The number of hydrogen-bond acceptors (Lipinski definition) is 4. The number of piperidine rings is 1. The minimum absolute atomic E-state index is 0.0750. The van der Waals surface area contributed by atoms with Crippen LogP contribution in [0.25, 0.3) is 0 Å². The zero-order chi connectivity index (χ0) is 17.4. The lowest BCUT2D eigenvalue weighted by atomic mass is 9.96. The van der Waals surface area contributed by atoms with E-state index in [1.165, 1.54) is 0 Å². The number of amides is 2. The third kappa shape index (κ3) is 5.44. The molecule has 24 heavy (non-hydrogen) atoms. The number of likely N-dealkylation sites (tertiary alicyclic amines) is 1. The van der Waals surface area contributed by atoms with Crippen LogP contribution in [0.4, 0.5) is 0 Å². The van der Waals surface area contributed by atoms with Gasteiger partial charge in [-0.25, -0.2) is 0 Å². The summed E-state index contributed by atoms with van der Waals surface area (Å²) in [6, 6.07) is 7.88. The van der Waals surface area contributed by atoms with Gasteiger partial charge in [-0.15, -0.1) is 0 Å². The van der Waals surface area contributed by atoms with Gasteiger partial charge in [0.25, 0.3) is 0 Å². The molecule has 1 atom stereocenters. The zero-order valence-electron chi connectivity index (χ0n) is 14.4. The largest absolute Gasteiger partial charge is 0.497 e. The summed E-state index contributed by atoms with van der Waals surface area (Å²) in [4.78, 5) is 26.1. The number of hydrogen-bond donors (Lipinski definition) is 1. The van der Waals surface area contributed by atoms with Crippen molar-refractivity contribution in [2.75, 3.05) is 38.8 Å². The smallest absolute Gasteiger partial charge is 0.224 e. The average Bonchev–Trinajstić information content (AvgIpc) is 2.61. The first-order chi connectivity index (χ1) is 11.6. The molecule has 0 saturated carbocycles. The van der Waals surface area contributed by atoms with Crippen LogP contribution in [-0.2, 0) is 16.0 Å². The number of methoxy groups -OCH3 is 1. The van der Waals surface area contributed by atoms with Crippen molar-refractivity contribution >= 4 is 23.6 Å². The van der Waals surface area contributed by atoms with Gasteiger partial charge in [0.2, 0.25) is 11.8 Å². The molecule has 0 spiro atoms. The van der Waals surface area contributed by atoms with Crippen LogP contribution in [0.3, 0.4) is 0 Å². The number of carbonyl (C=O) groups excluding carboxylic acids is 2. The van der Waals surface area contributed by atoms with Crippen molar-refractivity contribution in [2.45, 2.75) is 19.3 Å². The number of rotatable bonds is 8. The van der Waals surface area contributed by atoms with Gasteiger partial charge >= 0.3 is 0 Å². The summed E-state index contributed by atoms with van der Waals surface area (Å²) in [6.07, 6.45) is 3.93. The van der Waals surface area contributed by atoms with Crippen molar-refractivity contribution in [3.63, 3.8) is 0 Å². The number of ether oxygens (including phenoxy) is 1. The van der Waals surface area contributed by atoms with Crippen molar-refractivity contribution in [1.82, 2.24) is 10.2 Å². The van der Waals surface area contributed by atoms with Crippen LogP contribution in [0.1, 0.15) is 18.4 Å². The van der Waals surface area contributed by atoms with E-state index in [0.29, 0.717) is 32.5 Å². The SMILES string of the molecule is COc1ccc(CCN2C[C@H](C(=O)NCCSC)CCC2=O)cc1. The molecule has 1 fully saturated rings. The molecular formula is C18H26N2O3S. The molecule has 2 rings (SSSR count). The summed E-state index contributed by atoms with van der Waals surface area (Å²) in [5.74, 6) is 1.89. The fourth-order valence-electron chi connectivity index (χ4n) is 2.82. The van der Waals surface area contributed by atoms with E-state index in [4.69, 9.17) is 4.74 Å². The molecule has 2 amide bonds. The maximum atomic E-state index is 12.2. The molecule has 0 unspecified atom stereocenters. The van der Waals surface area contributed by atoms with E-state index >= 15 is 0 Å². The Morgan fingerprint density at radius 2 is 2.12 bits per heavy atom. The Morgan fingerprint density at radius 1 is 1.38 bits per heavy atom. The van der Waals surface area contributed by atoms with E-state index in [2.05, 4.69) is 5.32 Å². The molecular weight excluding hydrogens is 324 g/mol. The van der Waals surface area contributed by atoms with Crippen molar-refractivity contribution in [1.29, 1.82) is 0 Å². The third-order valence-corrected chi connectivity index (χ3v) is 4.92. The van der Waals surface area contributed by atoms with E-state index in [0.717, 1.165) is 23.5 Å². The molecule has 1 aromatic carbocycles. The summed E-state index contributed by atoms with van der Waals surface area (Å²) in [5.41, 5.74) is 1.16. The molecule has 1 heterocycles. The first-order valence-electron chi connectivity index (χ1n) is 8.31. The number of thioether (sulfide) groups is 1. The second-order valence-electron chi connectivity index (χ2n) is 5.96. The van der Waals surface area contributed by atoms with Gasteiger partial charge in [0.05, 0.1) is 13.0 Å². The summed E-state index contributed by atoms with van der Waals surface area (Å²) in [7, 11) is 1.64. The first-order valence-corrected chi connectivity index (χ1v) is 9.70. The van der Waals surface area contributed by atoms with E-state index in [-0.39, 0.29) is 17.7 Å². The van der Waals surface area contributed by atoms with Gasteiger partial charge in [-0.2, -0.15) is 11.8 Å². The van der Waals surface area contributed by atoms with Crippen LogP contribution in [0.2, 0.25) is 0 Å². The quantitative estimate of drug-likeness (QED) is 0.728. The summed E-state index contributed by atoms with van der Waals surface area (Å²) < 4.78 is 5.15. The molecule has 0 aliphatic carbocycles. The highest BCUT2D eigenvalue weighted by Crippen LogP contribution is 2.19. The maximum Gasteiger partial charge on any atom is 0.224 e. The standard InChI is InChI=1S/C18H26N2O3S/c1-23-16-6-3-14(4-7-16)9-11-20-13-15(5-8-17(20)21)18(22)19-10-12-24-2/h3-4,6-7,15H,5,8-13H2,1-2H3,(H,19,22)/t15-/m1/s1. The van der Waals surface area contributed by atoms with Gasteiger partial charge in [-0.1, -0.05) is 12.1 Å². The molecule has 0 bridgehead atoms. The highest BCUT2D eigenvalue weighted by atomic mass is 32.2. The number of nitrogens with one attached hydrogen (secondary N) is 1. The maximum absolute atomic E-state index is 12.2. The molecule has 1 N–H and O–H groups in total. The molecule has 132 valence electrons. The highest BCUT2D eigenvalue weighted by Gasteiger charge is 2.29. The van der Waals surface area contributed by atoms with Gasteiger partial charge in [0.15, 0.2) is 0 Å². The number of nitrogens with zero attached hydrogens (tertiary/aromatic N) is 1. The lowest BCUT2D eigenvalue weighted by Crippen LogP contribution is -2.46. The van der Waals surface area contributed by atoms with Crippen LogP contribution < -0.4 is 10.1 Å². The fourth-order valence-corrected chi connectivity index (χ4v) is 3.13. The Balaban J connectivity index is 1.84. The lowest BCUT2D eigenvalue weighted by Gasteiger charge is -2.32. The summed E-state index contributed by atoms with van der Waals surface area (Å²) in [5, 5.41) is 2.96. The van der Waals surface area contributed by atoms with Crippen LogP contribution in [0.15, 0.2) is 24.3 Å². The van der Waals surface area contributed by atoms with Crippen molar-refractivity contribution < 1.29 is 14.3 Å². The van der Waals surface area contributed by atoms with E-state index in [1.807, 2.05) is 35.4 Å². The monoisotopic (exact) mass is 350 g/mol. The van der Waals surface area contributed by atoms with Gasteiger partial charge in [0, 0.05) is 31.8 Å². The highest BCUT2D eigenvalue weighted by molar-refractivity contribution is 7.98. The zero-order valence-corrected chi connectivity index (χ0v) is 15.2. The third-order valence-electron chi connectivity index (χ3n) is 4.31. The summed E-state index contributed by atoms with van der Waals surface area (Å²) >= 11 is 1.71. The molecule has 5 nitrogen and oxygen atoms in total. The van der Waals surface area contributed by atoms with Gasteiger partial charge in [-0.3, -0.25) is 9.59 Å². The predicted octanol–water partition coefficient (Wildman–Crippen LogP) is 1.96. The number of benzene rings is 1. The summed E-state index contributed by atoms with van der Waals surface area (Å²) in [6.45, 7) is 1.87. The normalized spacial score (nSPS) is 17.7. The minimum atomic E-state index is -0.0829. The first kappa shape index (κ1) is 18.6. The second kappa shape index (κ2) is 9.57.